The van der Waals surface area contributed by atoms with Gasteiger partial charge in [0.25, 0.3) is 5.67 Å². The lowest BCUT2D eigenvalue weighted by molar-refractivity contribution is -0.469. The second-order valence-electron chi connectivity index (χ2n) is 10.9. The molecule has 2 N–H and O–H groups in total. The summed E-state index contributed by atoms with van der Waals surface area (Å²) in [7, 11) is 0. The number of rotatable bonds is 7. The van der Waals surface area contributed by atoms with E-state index in [1.165, 1.54) is 0 Å². The lowest BCUT2D eigenvalue weighted by atomic mass is 9.48. The Labute approximate surface area is 198 Å². The first kappa shape index (κ1) is 27.3. The van der Waals surface area contributed by atoms with Crippen molar-refractivity contribution in [2.45, 2.75) is 80.0 Å². The Hall–Kier alpha value is -1.73. The maximum atomic E-state index is 15.2. The molecule has 14 heteroatoms. The van der Waals surface area contributed by atoms with Gasteiger partial charge in [-0.25, -0.2) is 13.6 Å². The zero-order valence-corrected chi connectivity index (χ0v) is 18.7. The molecule has 5 saturated carbocycles. The summed E-state index contributed by atoms with van der Waals surface area (Å²) >= 11 is 0. The van der Waals surface area contributed by atoms with Crippen molar-refractivity contribution in [3.63, 3.8) is 0 Å². The van der Waals surface area contributed by atoms with Crippen LogP contribution in [-0.4, -0.2) is 64.4 Å². The van der Waals surface area contributed by atoms with Gasteiger partial charge in [0.05, 0.1) is 18.4 Å². The van der Waals surface area contributed by atoms with Crippen LogP contribution in [0.5, 0.6) is 0 Å². The summed E-state index contributed by atoms with van der Waals surface area (Å²) < 4.78 is 146. The third-order valence-corrected chi connectivity index (χ3v) is 8.54. The molecule has 0 saturated heterocycles. The predicted molar refractivity (Wildman–Crippen MR) is 101 cm³/mol. The number of carboxylic acids is 1. The molecule has 206 valence electrons. The van der Waals surface area contributed by atoms with Crippen LogP contribution < -0.4 is 0 Å². The van der Waals surface area contributed by atoms with Crippen LogP contribution in [0.2, 0.25) is 0 Å². The van der Waals surface area contributed by atoms with Gasteiger partial charge in [-0.05, 0) is 68.1 Å². The molecular formula is C22H24F10O4. The second kappa shape index (κ2) is 7.89. The maximum absolute atomic E-state index is 15.2. The van der Waals surface area contributed by atoms with Crippen LogP contribution in [0.25, 0.3) is 0 Å². The minimum Gasteiger partial charge on any atom is -0.497 e. The van der Waals surface area contributed by atoms with Gasteiger partial charge < -0.3 is 14.9 Å². The lowest BCUT2D eigenvalue weighted by Gasteiger charge is -2.57. The number of hydrogen-bond acceptors (Lipinski definition) is 3. The van der Waals surface area contributed by atoms with Crippen molar-refractivity contribution < 1.29 is 63.6 Å². The first-order chi connectivity index (χ1) is 16.3. The maximum Gasteiger partial charge on any atom is 0.381 e. The highest BCUT2D eigenvalue weighted by atomic mass is 19.4. The molecule has 0 aliphatic heterocycles. The van der Waals surface area contributed by atoms with E-state index in [-0.39, 0.29) is 12.7 Å². The number of halogens is 10. The summed E-state index contributed by atoms with van der Waals surface area (Å²) in [5, 5.41) is 18.4. The molecule has 0 spiro atoms. The van der Waals surface area contributed by atoms with E-state index in [4.69, 9.17) is 5.11 Å². The minimum absolute atomic E-state index is 0.166. The summed E-state index contributed by atoms with van der Waals surface area (Å²) in [4.78, 5) is 11.7. The standard InChI is InChI=1S/C22H24F10O4/c23-17(9-33)18(24,20(27,28)22(31,32)21(29,30)19(17,25)26)10-36-8-14(15(34)35)7-16-4-11-1-12(5-16)3-13(2-11)6-16/h8,11-13,33H,1-7,9-10H2,(H,34,35). The Morgan fingerprint density at radius 2 is 1.17 bits per heavy atom. The van der Waals surface area contributed by atoms with Crippen LogP contribution >= 0.6 is 0 Å². The number of aliphatic carboxylic acids is 1. The van der Waals surface area contributed by atoms with Crippen molar-refractivity contribution in [2.75, 3.05) is 13.2 Å². The molecule has 0 radical (unpaired) electrons. The van der Waals surface area contributed by atoms with Gasteiger partial charge in [0.15, 0.2) is 0 Å². The van der Waals surface area contributed by atoms with Gasteiger partial charge in [0.2, 0.25) is 5.67 Å². The molecule has 2 atom stereocenters. The van der Waals surface area contributed by atoms with Crippen LogP contribution in [0.3, 0.4) is 0 Å². The van der Waals surface area contributed by atoms with E-state index >= 15 is 4.39 Å². The fraction of sp³-hybridized carbons (Fsp3) is 0.864. The molecule has 2 unspecified atom stereocenters. The van der Waals surface area contributed by atoms with Crippen LogP contribution in [0.1, 0.15) is 44.9 Å². The highest BCUT2D eigenvalue weighted by molar-refractivity contribution is 5.86. The summed E-state index contributed by atoms with van der Waals surface area (Å²) in [6.45, 7) is -5.72. The normalized spacial score (nSPS) is 43.9. The Morgan fingerprint density at radius 3 is 1.56 bits per heavy atom. The summed E-state index contributed by atoms with van der Waals surface area (Å²) in [5.41, 5.74) is -12.9. The van der Waals surface area contributed by atoms with Crippen molar-refractivity contribution in [1.29, 1.82) is 0 Å². The van der Waals surface area contributed by atoms with Crippen LogP contribution in [-0.2, 0) is 9.53 Å². The third-order valence-electron chi connectivity index (χ3n) is 8.54. The van der Waals surface area contributed by atoms with Gasteiger partial charge in [-0.3, -0.25) is 0 Å². The van der Waals surface area contributed by atoms with Crippen molar-refractivity contribution in [1.82, 2.24) is 0 Å². The highest BCUT2D eigenvalue weighted by Gasteiger charge is 2.99. The molecule has 0 heterocycles. The van der Waals surface area contributed by atoms with Crippen molar-refractivity contribution >= 4 is 5.97 Å². The minimum atomic E-state index is -7.09. The summed E-state index contributed by atoms with van der Waals surface area (Å²) in [5.74, 6) is -28.4. The van der Waals surface area contributed by atoms with E-state index < -0.39 is 65.2 Å². The van der Waals surface area contributed by atoms with Gasteiger partial charge >= 0.3 is 29.7 Å². The van der Waals surface area contributed by atoms with E-state index in [2.05, 4.69) is 4.74 Å². The van der Waals surface area contributed by atoms with E-state index in [0.29, 0.717) is 37.0 Å². The number of carbonyl (C=O) groups is 1. The number of hydrogen-bond donors (Lipinski definition) is 2. The average molecular weight is 542 g/mol. The van der Waals surface area contributed by atoms with Crippen LogP contribution in [0, 0.1) is 23.2 Å². The van der Waals surface area contributed by atoms with Gasteiger partial charge in [-0.15, -0.1) is 0 Å². The Bertz CT molecular complexity index is 916. The number of ether oxygens (including phenoxy) is 1. The van der Waals surface area contributed by atoms with Crippen molar-refractivity contribution in [2.24, 2.45) is 23.2 Å². The number of aliphatic hydroxyl groups excluding tert-OH is 1. The first-order valence-corrected chi connectivity index (χ1v) is 11.3. The molecule has 5 aliphatic carbocycles. The zero-order chi connectivity index (χ0) is 27.2. The van der Waals surface area contributed by atoms with E-state index in [1.54, 1.807) is 0 Å². The second-order valence-corrected chi connectivity index (χ2v) is 10.9. The molecule has 36 heavy (non-hydrogen) atoms. The fourth-order valence-electron chi connectivity index (χ4n) is 7.15. The molecular weight excluding hydrogens is 518 g/mol. The SMILES string of the molecule is O=C(O)C(=COCC1(F)C(F)(F)C(F)(F)C(F)(F)C(F)(F)C1(F)CO)CC12CC3CC(CC(C3)C1)C2. The largest absolute Gasteiger partial charge is 0.497 e. The van der Waals surface area contributed by atoms with Gasteiger partial charge in [0.1, 0.15) is 6.61 Å². The quantitative estimate of drug-likeness (QED) is 0.252. The van der Waals surface area contributed by atoms with Crippen LogP contribution in [0.4, 0.5) is 43.9 Å². The summed E-state index contributed by atoms with van der Waals surface area (Å²) in [6.07, 6.45) is 4.88. The van der Waals surface area contributed by atoms with E-state index in [9.17, 15) is 49.4 Å². The molecule has 5 rings (SSSR count). The highest BCUT2D eigenvalue weighted by Crippen LogP contribution is 2.69. The van der Waals surface area contributed by atoms with Gasteiger partial charge in [-0.1, -0.05) is 0 Å². The van der Waals surface area contributed by atoms with Crippen molar-refractivity contribution in [3.8, 4) is 0 Å². The first-order valence-electron chi connectivity index (χ1n) is 11.3. The Morgan fingerprint density at radius 1 is 0.750 bits per heavy atom. The average Bonchev–Trinajstić information content (AvgIpc) is 2.75. The molecule has 5 fully saturated rings. The molecule has 0 aromatic rings. The molecule has 0 aromatic carbocycles. The number of aliphatic hydroxyl groups is 1. The van der Waals surface area contributed by atoms with E-state index in [0.717, 1.165) is 19.3 Å². The molecule has 4 nitrogen and oxygen atoms in total. The molecule has 0 aromatic heterocycles. The van der Waals surface area contributed by atoms with Crippen LogP contribution in [0.15, 0.2) is 11.8 Å². The zero-order valence-electron chi connectivity index (χ0n) is 18.7. The fourth-order valence-corrected chi connectivity index (χ4v) is 7.15. The monoisotopic (exact) mass is 542 g/mol. The molecule has 4 bridgehead atoms. The smallest absolute Gasteiger partial charge is 0.381 e. The predicted octanol–water partition coefficient (Wildman–Crippen LogP) is 5.54. The Balaban J connectivity index is 1.63. The van der Waals surface area contributed by atoms with Gasteiger partial charge in [0, 0.05) is 0 Å². The van der Waals surface area contributed by atoms with Crippen molar-refractivity contribution in [3.05, 3.63) is 11.8 Å². The topological polar surface area (TPSA) is 66.8 Å². The van der Waals surface area contributed by atoms with Gasteiger partial charge in [-0.2, -0.15) is 35.1 Å². The van der Waals surface area contributed by atoms with E-state index in [1.807, 2.05) is 0 Å². The molecule has 0 amide bonds. The molecule has 5 aliphatic rings. The third kappa shape index (κ3) is 3.27. The Kier molecular flexibility index (Phi) is 5.98. The number of carboxylic acid groups (broad SMARTS) is 1. The number of alkyl halides is 10. The lowest BCUT2D eigenvalue weighted by Crippen LogP contribution is -2.86. The summed E-state index contributed by atoms with van der Waals surface area (Å²) in [6, 6.07) is 0.